The zero-order valence-electron chi connectivity index (χ0n) is 13.7. The number of hydrogen-bond acceptors (Lipinski definition) is 6. The molecule has 0 bridgehead atoms. The van der Waals surface area contributed by atoms with Crippen LogP contribution in [0.3, 0.4) is 0 Å². The van der Waals surface area contributed by atoms with Crippen LogP contribution in [0.1, 0.15) is 19.8 Å². The van der Waals surface area contributed by atoms with Crippen LogP contribution < -0.4 is 14.8 Å². The standard InChI is InChI=1S/C17H21N3O4/c1-12(21)18-6-9-23-15-3-2-13-11-19-17(20-16(13)10-15)24-14-4-7-22-8-5-14/h2-3,10-11,14H,4-9H2,1H3,(H,18,21). The molecule has 3 rings (SSSR count). The van der Waals surface area contributed by atoms with Crippen LogP contribution in [0.4, 0.5) is 0 Å². The molecule has 1 fully saturated rings. The highest BCUT2D eigenvalue weighted by Gasteiger charge is 2.16. The molecule has 7 heteroatoms. The van der Waals surface area contributed by atoms with Gasteiger partial charge in [-0.05, 0) is 12.1 Å². The summed E-state index contributed by atoms with van der Waals surface area (Å²) in [4.78, 5) is 19.6. The van der Waals surface area contributed by atoms with Crippen LogP contribution in [-0.2, 0) is 9.53 Å². The smallest absolute Gasteiger partial charge is 0.317 e. The zero-order chi connectivity index (χ0) is 16.8. The number of nitrogens with one attached hydrogen (secondary N) is 1. The fraction of sp³-hybridized carbons (Fsp3) is 0.471. The highest BCUT2D eigenvalue weighted by Crippen LogP contribution is 2.21. The minimum Gasteiger partial charge on any atom is -0.492 e. The van der Waals surface area contributed by atoms with E-state index in [1.54, 1.807) is 6.20 Å². The van der Waals surface area contributed by atoms with Crippen molar-refractivity contribution in [3.05, 3.63) is 24.4 Å². The minimum atomic E-state index is -0.0697. The van der Waals surface area contributed by atoms with E-state index < -0.39 is 0 Å². The largest absolute Gasteiger partial charge is 0.492 e. The van der Waals surface area contributed by atoms with Gasteiger partial charge in [0.2, 0.25) is 5.91 Å². The molecule has 2 aromatic rings. The van der Waals surface area contributed by atoms with E-state index in [0.29, 0.717) is 38.1 Å². The van der Waals surface area contributed by atoms with E-state index in [1.807, 2.05) is 18.2 Å². The van der Waals surface area contributed by atoms with Crippen molar-refractivity contribution in [1.82, 2.24) is 15.3 Å². The molecule has 0 spiro atoms. The third-order valence-corrected chi connectivity index (χ3v) is 3.72. The van der Waals surface area contributed by atoms with Crippen LogP contribution in [0.25, 0.3) is 10.9 Å². The van der Waals surface area contributed by atoms with Crippen molar-refractivity contribution in [3.8, 4) is 11.8 Å². The van der Waals surface area contributed by atoms with Crippen molar-refractivity contribution in [1.29, 1.82) is 0 Å². The Morgan fingerprint density at radius 3 is 3.00 bits per heavy atom. The number of benzene rings is 1. The molecule has 1 aromatic carbocycles. The maximum absolute atomic E-state index is 10.8. The number of rotatable bonds is 6. The molecular formula is C17H21N3O4. The molecule has 7 nitrogen and oxygen atoms in total. The Morgan fingerprint density at radius 2 is 2.21 bits per heavy atom. The van der Waals surface area contributed by atoms with E-state index in [4.69, 9.17) is 14.2 Å². The fourth-order valence-corrected chi connectivity index (χ4v) is 2.47. The number of aromatic nitrogens is 2. The fourth-order valence-electron chi connectivity index (χ4n) is 2.47. The highest BCUT2D eigenvalue weighted by atomic mass is 16.5. The van der Waals surface area contributed by atoms with Crippen molar-refractivity contribution in [2.24, 2.45) is 0 Å². The van der Waals surface area contributed by atoms with Gasteiger partial charge in [-0.3, -0.25) is 4.79 Å². The van der Waals surface area contributed by atoms with Gasteiger partial charge < -0.3 is 19.5 Å². The van der Waals surface area contributed by atoms with Gasteiger partial charge in [-0.15, -0.1) is 0 Å². The van der Waals surface area contributed by atoms with Crippen molar-refractivity contribution in [2.45, 2.75) is 25.9 Å². The average Bonchev–Trinajstić information content (AvgIpc) is 2.59. The van der Waals surface area contributed by atoms with E-state index >= 15 is 0 Å². The molecular weight excluding hydrogens is 310 g/mol. The van der Waals surface area contributed by atoms with Gasteiger partial charge in [0.1, 0.15) is 18.5 Å². The summed E-state index contributed by atoms with van der Waals surface area (Å²) in [6.45, 7) is 3.78. The number of carbonyl (C=O) groups excluding carboxylic acids is 1. The molecule has 24 heavy (non-hydrogen) atoms. The van der Waals surface area contributed by atoms with Gasteiger partial charge in [0.25, 0.3) is 0 Å². The topological polar surface area (TPSA) is 82.6 Å². The predicted octanol–water partition coefficient (Wildman–Crippen LogP) is 1.70. The number of hydrogen-bond donors (Lipinski definition) is 1. The molecule has 0 radical (unpaired) electrons. The van der Waals surface area contributed by atoms with Crippen molar-refractivity contribution in [3.63, 3.8) is 0 Å². The van der Waals surface area contributed by atoms with Crippen LogP contribution in [0, 0.1) is 0 Å². The Bertz CT molecular complexity index is 701. The molecule has 2 heterocycles. The first-order valence-corrected chi connectivity index (χ1v) is 8.09. The number of nitrogens with zero attached hydrogens (tertiary/aromatic N) is 2. The predicted molar refractivity (Wildman–Crippen MR) is 88.2 cm³/mol. The molecule has 1 amide bonds. The SMILES string of the molecule is CC(=O)NCCOc1ccc2cnc(OC3CCOCC3)nc2c1. The summed E-state index contributed by atoms with van der Waals surface area (Å²) in [5.41, 5.74) is 0.768. The quantitative estimate of drug-likeness (QED) is 0.811. The lowest BCUT2D eigenvalue weighted by Gasteiger charge is -2.22. The molecule has 0 saturated carbocycles. The van der Waals surface area contributed by atoms with Crippen LogP contribution >= 0.6 is 0 Å². The van der Waals surface area contributed by atoms with Crippen LogP contribution in [0.2, 0.25) is 0 Å². The second-order valence-corrected chi connectivity index (χ2v) is 5.63. The molecule has 1 aromatic heterocycles. The van der Waals surface area contributed by atoms with E-state index in [2.05, 4.69) is 15.3 Å². The summed E-state index contributed by atoms with van der Waals surface area (Å²) in [6.07, 6.45) is 3.56. The van der Waals surface area contributed by atoms with Crippen molar-refractivity contribution in [2.75, 3.05) is 26.4 Å². The van der Waals surface area contributed by atoms with Gasteiger partial charge in [0.05, 0.1) is 25.3 Å². The van der Waals surface area contributed by atoms with Gasteiger partial charge in [-0.1, -0.05) is 0 Å². The molecule has 1 aliphatic heterocycles. The third-order valence-electron chi connectivity index (χ3n) is 3.72. The van der Waals surface area contributed by atoms with Gasteiger partial charge in [-0.25, -0.2) is 4.98 Å². The zero-order valence-corrected chi connectivity index (χ0v) is 13.7. The first-order valence-electron chi connectivity index (χ1n) is 8.09. The first-order chi connectivity index (χ1) is 11.7. The van der Waals surface area contributed by atoms with Crippen LogP contribution in [-0.4, -0.2) is 48.3 Å². The van der Waals surface area contributed by atoms with Crippen molar-refractivity contribution < 1.29 is 19.0 Å². The Balaban J connectivity index is 1.64. The Kier molecular flexibility index (Phi) is 5.43. The Labute approximate surface area is 140 Å². The summed E-state index contributed by atoms with van der Waals surface area (Å²) >= 11 is 0. The average molecular weight is 331 g/mol. The molecule has 0 unspecified atom stereocenters. The summed E-state index contributed by atoms with van der Waals surface area (Å²) < 4.78 is 16.8. The second kappa shape index (κ2) is 7.92. The number of carbonyl (C=O) groups is 1. The lowest BCUT2D eigenvalue weighted by Crippen LogP contribution is -2.26. The summed E-state index contributed by atoms with van der Waals surface area (Å²) in [6, 6.07) is 5.99. The van der Waals surface area contributed by atoms with Gasteiger partial charge in [-0.2, -0.15) is 4.98 Å². The molecule has 0 aliphatic carbocycles. The van der Waals surface area contributed by atoms with Crippen LogP contribution in [0.15, 0.2) is 24.4 Å². The summed E-state index contributed by atoms with van der Waals surface area (Å²) in [5, 5.41) is 3.61. The molecule has 1 N–H and O–H groups in total. The van der Waals surface area contributed by atoms with Gasteiger partial charge in [0, 0.05) is 37.4 Å². The number of amides is 1. The van der Waals surface area contributed by atoms with E-state index in [1.165, 1.54) is 6.92 Å². The van der Waals surface area contributed by atoms with Crippen molar-refractivity contribution >= 4 is 16.8 Å². The highest BCUT2D eigenvalue weighted by molar-refractivity contribution is 5.79. The third kappa shape index (κ3) is 4.55. The number of fused-ring (bicyclic) bond motifs is 1. The van der Waals surface area contributed by atoms with E-state index in [0.717, 1.165) is 23.7 Å². The second-order valence-electron chi connectivity index (χ2n) is 5.63. The van der Waals surface area contributed by atoms with E-state index in [9.17, 15) is 4.79 Å². The van der Waals surface area contributed by atoms with Gasteiger partial charge >= 0.3 is 6.01 Å². The summed E-state index contributed by atoms with van der Waals surface area (Å²) in [7, 11) is 0. The van der Waals surface area contributed by atoms with E-state index in [-0.39, 0.29) is 12.0 Å². The lowest BCUT2D eigenvalue weighted by molar-refractivity contribution is -0.119. The molecule has 1 aliphatic rings. The normalized spacial score (nSPS) is 15.2. The molecule has 1 saturated heterocycles. The Hall–Kier alpha value is -2.41. The Morgan fingerprint density at radius 1 is 1.38 bits per heavy atom. The number of ether oxygens (including phenoxy) is 3. The lowest BCUT2D eigenvalue weighted by atomic mass is 10.2. The maximum Gasteiger partial charge on any atom is 0.317 e. The first kappa shape index (κ1) is 16.4. The summed E-state index contributed by atoms with van der Waals surface area (Å²) in [5.74, 6) is 0.628. The maximum atomic E-state index is 10.8. The molecule has 0 atom stereocenters. The minimum absolute atomic E-state index is 0.0697. The van der Waals surface area contributed by atoms with Gasteiger partial charge in [0.15, 0.2) is 0 Å². The monoisotopic (exact) mass is 331 g/mol. The van der Waals surface area contributed by atoms with Crippen LogP contribution in [0.5, 0.6) is 11.8 Å². The molecule has 128 valence electrons.